The molecule has 3 heterocycles. The van der Waals surface area contributed by atoms with E-state index in [1.807, 2.05) is 31.5 Å². The molecule has 3 aromatic rings. The maximum Gasteiger partial charge on any atom is 0.223 e. The number of imidazole rings is 1. The first kappa shape index (κ1) is 17.7. The summed E-state index contributed by atoms with van der Waals surface area (Å²) < 4.78 is 12.4. The Kier molecular flexibility index (Phi) is 5.17. The average molecular weight is 368 g/mol. The zero-order valence-corrected chi connectivity index (χ0v) is 15.7. The third-order valence-electron chi connectivity index (χ3n) is 4.83. The summed E-state index contributed by atoms with van der Waals surface area (Å²) in [5, 5.41) is 3.98. The topological polar surface area (TPSA) is 72.5 Å². The average Bonchev–Trinajstić information content (AvgIpc) is 3.32. The van der Waals surface area contributed by atoms with E-state index in [9.17, 15) is 0 Å². The van der Waals surface area contributed by atoms with E-state index in [0.29, 0.717) is 5.89 Å². The number of aryl methyl sites for hydroxylation is 1. The van der Waals surface area contributed by atoms with Crippen molar-refractivity contribution in [2.45, 2.75) is 20.0 Å². The van der Waals surface area contributed by atoms with E-state index >= 15 is 0 Å². The van der Waals surface area contributed by atoms with Crippen molar-refractivity contribution in [3.05, 3.63) is 54.2 Å². The molecule has 8 heteroatoms. The maximum absolute atomic E-state index is 5.24. The quantitative estimate of drug-likeness (QED) is 0.658. The SMILES string of the molecule is COc1ccc(-n2ccnc2CN2CCN(Cc3noc(C)n3)CC2)cc1. The highest BCUT2D eigenvalue weighted by Gasteiger charge is 2.20. The van der Waals surface area contributed by atoms with Crippen molar-refractivity contribution in [1.82, 2.24) is 29.5 Å². The van der Waals surface area contributed by atoms with Crippen LogP contribution < -0.4 is 4.74 Å². The van der Waals surface area contributed by atoms with Crippen molar-refractivity contribution in [2.24, 2.45) is 0 Å². The van der Waals surface area contributed by atoms with Crippen LogP contribution in [0.1, 0.15) is 17.5 Å². The van der Waals surface area contributed by atoms with E-state index < -0.39 is 0 Å². The van der Waals surface area contributed by atoms with Gasteiger partial charge in [0.25, 0.3) is 0 Å². The Morgan fingerprint density at radius 2 is 1.74 bits per heavy atom. The van der Waals surface area contributed by atoms with E-state index in [0.717, 1.165) is 62.4 Å². The number of benzene rings is 1. The first-order chi connectivity index (χ1) is 13.2. The fourth-order valence-electron chi connectivity index (χ4n) is 3.34. The summed E-state index contributed by atoms with van der Waals surface area (Å²) in [4.78, 5) is 13.6. The molecule has 1 aliphatic rings. The second kappa shape index (κ2) is 7.89. The van der Waals surface area contributed by atoms with E-state index in [4.69, 9.17) is 9.26 Å². The van der Waals surface area contributed by atoms with Crippen LogP contribution in [0, 0.1) is 6.92 Å². The summed E-state index contributed by atoms with van der Waals surface area (Å²) in [6.07, 6.45) is 3.86. The summed E-state index contributed by atoms with van der Waals surface area (Å²) in [6.45, 7) is 7.34. The molecule has 2 aromatic heterocycles. The van der Waals surface area contributed by atoms with Gasteiger partial charge in [-0.2, -0.15) is 4.98 Å². The van der Waals surface area contributed by atoms with Crippen molar-refractivity contribution in [3.63, 3.8) is 0 Å². The fraction of sp³-hybridized carbons (Fsp3) is 0.421. The van der Waals surface area contributed by atoms with Crippen LogP contribution in [0.5, 0.6) is 5.75 Å². The first-order valence-electron chi connectivity index (χ1n) is 9.12. The monoisotopic (exact) mass is 368 g/mol. The van der Waals surface area contributed by atoms with Gasteiger partial charge in [0.15, 0.2) is 5.82 Å². The van der Waals surface area contributed by atoms with E-state index in [-0.39, 0.29) is 0 Å². The molecule has 4 rings (SSSR count). The molecule has 0 aliphatic carbocycles. The normalized spacial score (nSPS) is 15.9. The number of rotatable bonds is 6. The van der Waals surface area contributed by atoms with Crippen LogP contribution in [-0.2, 0) is 13.1 Å². The highest BCUT2D eigenvalue weighted by Crippen LogP contribution is 2.17. The third-order valence-corrected chi connectivity index (χ3v) is 4.83. The molecule has 8 nitrogen and oxygen atoms in total. The van der Waals surface area contributed by atoms with Gasteiger partial charge < -0.3 is 13.8 Å². The second-order valence-corrected chi connectivity index (χ2v) is 6.69. The van der Waals surface area contributed by atoms with Crippen molar-refractivity contribution in [3.8, 4) is 11.4 Å². The molecule has 0 unspecified atom stereocenters. The van der Waals surface area contributed by atoms with Gasteiger partial charge in [0.05, 0.1) is 20.2 Å². The molecule has 0 bridgehead atoms. The van der Waals surface area contributed by atoms with Crippen LogP contribution in [0.2, 0.25) is 0 Å². The van der Waals surface area contributed by atoms with E-state index in [2.05, 4.69) is 41.6 Å². The second-order valence-electron chi connectivity index (χ2n) is 6.69. The molecule has 0 saturated carbocycles. The van der Waals surface area contributed by atoms with E-state index in [1.54, 1.807) is 7.11 Å². The summed E-state index contributed by atoms with van der Waals surface area (Å²) in [5.74, 6) is 3.28. The van der Waals surface area contributed by atoms with Crippen LogP contribution in [0.15, 0.2) is 41.2 Å². The van der Waals surface area contributed by atoms with Crippen LogP contribution in [0.4, 0.5) is 0 Å². The van der Waals surface area contributed by atoms with Crippen LogP contribution in [0.25, 0.3) is 5.69 Å². The molecule has 1 saturated heterocycles. The first-order valence-corrected chi connectivity index (χ1v) is 9.12. The third kappa shape index (κ3) is 4.17. The molecule has 0 amide bonds. The lowest BCUT2D eigenvalue weighted by atomic mass is 10.3. The standard InChI is InChI=1S/C19H24N6O2/c1-15-21-18(22-27-15)13-23-9-11-24(12-10-23)14-19-20-7-8-25(19)16-3-5-17(26-2)6-4-16/h3-8H,9-14H2,1-2H3. The molecule has 27 heavy (non-hydrogen) atoms. The summed E-state index contributed by atoms with van der Waals surface area (Å²) >= 11 is 0. The zero-order valence-electron chi connectivity index (χ0n) is 15.7. The lowest BCUT2D eigenvalue weighted by Crippen LogP contribution is -2.45. The van der Waals surface area contributed by atoms with Crippen molar-refractivity contribution in [1.29, 1.82) is 0 Å². The Hall–Kier alpha value is -2.71. The van der Waals surface area contributed by atoms with Crippen molar-refractivity contribution < 1.29 is 9.26 Å². The molecular weight excluding hydrogens is 344 g/mol. The predicted molar refractivity (Wildman–Crippen MR) is 99.7 cm³/mol. The lowest BCUT2D eigenvalue weighted by molar-refractivity contribution is 0.116. The molecule has 0 spiro atoms. The number of hydrogen-bond donors (Lipinski definition) is 0. The minimum Gasteiger partial charge on any atom is -0.497 e. The van der Waals surface area contributed by atoms with E-state index in [1.165, 1.54) is 0 Å². The molecular formula is C19H24N6O2. The number of aromatic nitrogens is 4. The Morgan fingerprint density at radius 1 is 1.04 bits per heavy atom. The summed E-state index contributed by atoms with van der Waals surface area (Å²) in [7, 11) is 1.68. The Labute approximate surface area is 158 Å². The molecule has 1 aromatic carbocycles. The molecule has 1 aliphatic heterocycles. The number of ether oxygens (including phenoxy) is 1. The van der Waals surface area contributed by atoms with Gasteiger partial charge in [-0.3, -0.25) is 9.80 Å². The number of methoxy groups -OCH3 is 1. The molecule has 0 atom stereocenters. The number of nitrogens with zero attached hydrogens (tertiary/aromatic N) is 6. The smallest absolute Gasteiger partial charge is 0.223 e. The van der Waals surface area contributed by atoms with Gasteiger partial charge in [-0.15, -0.1) is 0 Å². The molecule has 1 fully saturated rings. The Balaban J connectivity index is 1.35. The van der Waals surface area contributed by atoms with Gasteiger partial charge in [0.2, 0.25) is 5.89 Å². The summed E-state index contributed by atoms with van der Waals surface area (Å²) in [5.41, 5.74) is 1.09. The fourth-order valence-corrected chi connectivity index (χ4v) is 3.34. The van der Waals surface area contributed by atoms with Gasteiger partial charge >= 0.3 is 0 Å². The van der Waals surface area contributed by atoms with Gasteiger partial charge in [-0.1, -0.05) is 5.16 Å². The summed E-state index contributed by atoms with van der Waals surface area (Å²) in [6, 6.07) is 8.04. The predicted octanol–water partition coefficient (Wildman–Crippen LogP) is 1.89. The molecule has 142 valence electrons. The number of hydrogen-bond acceptors (Lipinski definition) is 7. The Morgan fingerprint density at radius 3 is 2.37 bits per heavy atom. The van der Waals surface area contributed by atoms with Crippen molar-refractivity contribution in [2.75, 3.05) is 33.3 Å². The lowest BCUT2D eigenvalue weighted by Gasteiger charge is -2.33. The Bertz CT molecular complexity index is 864. The van der Waals surface area contributed by atoms with Crippen LogP contribution >= 0.6 is 0 Å². The highest BCUT2D eigenvalue weighted by molar-refractivity contribution is 5.38. The minimum atomic E-state index is 0.619. The zero-order chi connectivity index (χ0) is 18.6. The highest BCUT2D eigenvalue weighted by atomic mass is 16.5. The van der Waals surface area contributed by atoms with Gasteiger partial charge in [0.1, 0.15) is 11.6 Å². The number of piperazine rings is 1. The van der Waals surface area contributed by atoms with Gasteiger partial charge in [-0.25, -0.2) is 4.98 Å². The van der Waals surface area contributed by atoms with Gasteiger partial charge in [0, 0.05) is 51.2 Å². The van der Waals surface area contributed by atoms with Crippen LogP contribution in [-0.4, -0.2) is 62.8 Å². The maximum atomic E-state index is 5.24. The van der Waals surface area contributed by atoms with Crippen LogP contribution in [0.3, 0.4) is 0 Å². The molecule has 0 N–H and O–H groups in total. The molecule has 0 radical (unpaired) electrons. The largest absolute Gasteiger partial charge is 0.497 e. The van der Waals surface area contributed by atoms with Crippen molar-refractivity contribution >= 4 is 0 Å². The minimum absolute atomic E-state index is 0.619. The van der Waals surface area contributed by atoms with Gasteiger partial charge in [-0.05, 0) is 24.3 Å².